The first-order valence-electron chi connectivity index (χ1n) is 5.69. The Labute approximate surface area is 95.6 Å². The van der Waals surface area contributed by atoms with E-state index in [9.17, 15) is 4.79 Å². The minimum Gasteiger partial charge on any atom is -0.462 e. The van der Waals surface area contributed by atoms with Gasteiger partial charge in [0.15, 0.2) is 0 Å². The van der Waals surface area contributed by atoms with Crippen molar-refractivity contribution < 1.29 is 9.53 Å². The molecule has 1 aromatic rings. The molecule has 1 aromatic carbocycles. The van der Waals surface area contributed by atoms with Crippen molar-refractivity contribution in [2.75, 3.05) is 13.2 Å². The van der Waals surface area contributed by atoms with Gasteiger partial charge in [-0.15, -0.1) is 0 Å². The van der Waals surface area contributed by atoms with Crippen molar-refractivity contribution in [3.63, 3.8) is 0 Å². The summed E-state index contributed by atoms with van der Waals surface area (Å²) in [5.74, 6) is -0.253. The maximum absolute atomic E-state index is 11.6. The summed E-state index contributed by atoms with van der Waals surface area (Å²) in [4.78, 5) is 11.6. The Balaban J connectivity index is 2.23. The van der Waals surface area contributed by atoms with Crippen molar-refractivity contribution in [1.29, 1.82) is 0 Å². The number of esters is 1. The van der Waals surface area contributed by atoms with Crippen LogP contribution in [-0.4, -0.2) is 19.1 Å². The van der Waals surface area contributed by atoms with Crippen LogP contribution in [0.5, 0.6) is 0 Å². The molecule has 0 atom stereocenters. The van der Waals surface area contributed by atoms with Crippen molar-refractivity contribution in [2.45, 2.75) is 25.2 Å². The lowest BCUT2D eigenvalue weighted by Gasteiger charge is -2.13. The lowest BCUT2D eigenvalue weighted by molar-refractivity contribution is 0.0526. The van der Waals surface area contributed by atoms with E-state index >= 15 is 0 Å². The van der Waals surface area contributed by atoms with Gasteiger partial charge in [0.25, 0.3) is 0 Å². The third-order valence-electron chi connectivity index (χ3n) is 3.23. The largest absolute Gasteiger partial charge is 0.462 e. The third kappa shape index (κ3) is 1.95. The van der Waals surface area contributed by atoms with Crippen LogP contribution in [0.15, 0.2) is 24.3 Å². The summed E-state index contributed by atoms with van der Waals surface area (Å²) in [5, 5.41) is 0. The van der Waals surface area contributed by atoms with E-state index in [1.807, 2.05) is 25.1 Å². The van der Waals surface area contributed by atoms with Gasteiger partial charge in [-0.2, -0.15) is 0 Å². The first-order valence-corrected chi connectivity index (χ1v) is 5.69. The van der Waals surface area contributed by atoms with Crippen LogP contribution in [0.4, 0.5) is 0 Å². The van der Waals surface area contributed by atoms with E-state index in [-0.39, 0.29) is 11.4 Å². The maximum Gasteiger partial charge on any atom is 0.338 e. The number of ether oxygens (including phenoxy) is 1. The molecular weight excluding hydrogens is 202 g/mol. The van der Waals surface area contributed by atoms with E-state index in [1.54, 1.807) is 6.07 Å². The van der Waals surface area contributed by atoms with Crippen LogP contribution >= 0.6 is 0 Å². The second kappa shape index (κ2) is 4.26. The quantitative estimate of drug-likeness (QED) is 0.786. The average Bonchev–Trinajstić information content (AvgIpc) is 3.10. The first kappa shape index (κ1) is 11.1. The molecule has 1 saturated carbocycles. The fourth-order valence-electron chi connectivity index (χ4n) is 1.95. The van der Waals surface area contributed by atoms with Crippen LogP contribution in [0.1, 0.15) is 35.7 Å². The van der Waals surface area contributed by atoms with E-state index in [2.05, 4.69) is 0 Å². The van der Waals surface area contributed by atoms with Crippen molar-refractivity contribution in [3.05, 3.63) is 35.4 Å². The van der Waals surface area contributed by atoms with Gasteiger partial charge in [-0.25, -0.2) is 4.79 Å². The molecule has 0 spiro atoms. The van der Waals surface area contributed by atoms with E-state index in [4.69, 9.17) is 10.5 Å². The molecule has 1 fully saturated rings. The predicted octanol–water partition coefficient (Wildman–Crippen LogP) is 1.85. The lowest BCUT2D eigenvalue weighted by Crippen LogP contribution is -2.20. The number of hydrogen-bond donors (Lipinski definition) is 1. The lowest BCUT2D eigenvalue weighted by atomic mass is 9.94. The zero-order valence-electron chi connectivity index (χ0n) is 9.53. The van der Waals surface area contributed by atoms with Crippen molar-refractivity contribution >= 4 is 5.97 Å². The summed E-state index contributed by atoms with van der Waals surface area (Å²) in [7, 11) is 0. The Bertz CT molecular complexity index is 397. The molecule has 0 aliphatic heterocycles. The van der Waals surface area contributed by atoms with Crippen LogP contribution in [-0.2, 0) is 10.2 Å². The number of hydrogen-bond acceptors (Lipinski definition) is 3. The highest BCUT2D eigenvalue weighted by molar-refractivity contribution is 5.89. The van der Waals surface area contributed by atoms with Gasteiger partial charge in [0.2, 0.25) is 0 Å². The van der Waals surface area contributed by atoms with E-state index in [0.29, 0.717) is 18.7 Å². The van der Waals surface area contributed by atoms with Gasteiger partial charge in [0, 0.05) is 12.0 Å². The monoisotopic (exact) mass is 219 g/mol. The van der Waals surface area contributed by atoms with Gasteiger partial charge < -0.3 is 10.5 Å². The molecule has 86 valence electrons. The highest BCUT2D eigenvalue weighted by Gasteiger charge is 2.42. The normalized spacial score (nSPS) is 16.9. The standard InChI is InChI=1S/C13H17NO2/c1-2-16-12(15)10-4-3-5-11(8-10)13(9-14)6-7-13/h3-5,8H,2,6-7,9,14H2,1H3. The zero-order chi connectivity index (χ0) is 11.6. The van der Waals surface area contributed by atoms with E-state index < -0.39 is 0 Å². The first-order chi connectivity index (χ1) is 7.72. The van der Waals surface area contributed by atoms with Gasteiger partial charge in [0.05, 0.1) is 12.2 Å². The predicted molar refractivity (Wildman–Crippen MR) is 62.4 cm³/mol. The number of nitrogens with two attached hydrogens (primary N) is 1. The molecule has 0 unspecified atom stereocenters. The summed E-state index contributed by atoms with van der Waals surface area (Å²) in [6.45, 7) is 2.87. The summed E-state index contributed by atoms with van der Waals surface area (Å²) in [5.41, 5.74) is 7.69. The van der Waals surface area contributed by atoms with Crippen LogP contribution in [0.25, 0.3) is 0 Å². The topological polar surface area (TPSA) is 52.3 Å². The molecular formula is C13H17NO2. The number of carbonyl (C=O) groups is 1. The Hall–Kier alpha value is -1.35. The Morgan fingerprint density at radius 1 is 1.50 bits per heavy atom. The Morgan fingerprint density at radius 2 is 2.25 bits per heavy atom. The minimum atomic E-state index is -0.253. The van der Waals surface area contributed by atoms with Crippen molar-refractivity contribution in [1.82, 2.24) is 0 Å². The highest BCUT2D eigenvalue weighted by Crippen LogP contribution is 2.47. The smallest absolute Gasteiger partial charge is 0.338 e. The van der Waals surface area contributed by atoms with Crippen LogP contribution in [0, 0.1) is 0 Å². The summed E-state index contributed by atoms with van der Waals surface area (Å²) in [6, 6.07) is 7.64. The maximum atomic E-state index is 11.6. The molecule has 2 N–H and O–H groups in total. The van der Waals surface area contributed by atoms with Crippen molar-refractivity contribution in [3.8, 4) is 0 Å². The molecule has 0 aromatic heterocycles. The molecule has 3 heteroatoms. The summed E-state index contributed by atoms with van der Waals surface area (Å²) in [6.07, 6.45) is 2.24. The molecule has 1 aliphatic rings. The molecule has 16 heavy (non-hydrogen) atoms. The zero-order valence-corrected chi connectivity index (χ0v) is 9.53. The van der Waals surface area contributed by atoms with Crippen LogP contribution < -0.4 is 5.73 Å². The van der Waals surface area contributed by atoms with Gasteiger partial charge in [0.1, 0.15) is 0 Å². The van der Waals surface area contributed by atoms with Crippen LogP contribution in [0.3, 0.4) is 0 Å². The Morgan fingerprint density at radius 3 is 2.81 bits per heavy atom. The summed E-state index contributed by atoms with van der Waals surface area (Å²) < 4.78 is 4.98. The number of benzene rings is 1. The van der Waals surface area contributed by atoms with Gasteiger partial charge >= 0.3 is 5.97 Å². The molecule has 0 heterocycles. The SMILES string of the molecule is CCOC(=O)c1cccc(C2(CN)CC2)c1. The second-order valence-electron chi connectivity index (χ2n) is 4.29. The van der Waals surface area contributed by atoms with E-state index in [1.165, 1.54) is 5.56 Å². The third-order valence-corrected chi connectivity index (χ3v) is 3.23. The molecule has 0 amide bonds. The molecule has 0 radical (unpaired) electrons. The number of carbonyl (C=O) groups excluding carboxylic acids is 1. The van der Waals surface area contributed by atoms with Gasteiger partial charge in [-0.1, -0.05) is 12.1 Å². The summed E-state index contributed by atoms with van der Waals surface area (Å²) >= 11 is 0. The fourth-order valence-corrected chi connectivity index (χ4v) is 1.95. The van der Waals surface area contributed by atoms with Crippen molar-refractivity contribution in [2.24, 2.45) is 5.73 Å². The number of rotatable bonds is 4. The molecule has 1 aliphatic carbocycles. The Kier molecular flexibility index (Phi) is 2.97. The van der Waals surface area contributed by atoms with E-state index in [0.717, 1.165) is 12.8 Å². The molecule has 2 rings (SSSR count). The highest BCUT2D eigenvalue weighted by atomic mass is 16.5. The molecule has 0 bridgehead atoms. The molecule has 3 nitrogen and oxygen atoms in total. The molecule has 0 saturated heterocycles. The van der Waals surface area contributed by atoms with Gasteiger partial charge in [-0.3, -0.25) is 0 Å². The average molecular weight is 219 g/mol. The second-order valence-corrected chi connectivity index (χ2v) is 4.29. The minimum absolute atomic E-state index is 0.127. The van der Waals surface area contributed by atoms with Gasteiger partial charge in [-0.05, 0) is 37.5 Å². The fraction of sp³-hybridized carbons (Fsp3) is 0.462. The van der Waals surface area contributed by atoms with Crippen LogP contribution in [0.2, 0.25) is 0 Å².